The number of nitrogens with one attached hydrogen (secondary N) is 1. The number of esters is 1. The quantitative estimate of drug-likeness (QED) is 0.658. The molecule has 14 heavy (non-hydrogen) atoms. The third-order valence-corrected chi connectivity index (χ3v) is 2.92. The number of rotatable bonds is 3. The zero-order valence-corrected chi connectivity index (χ0v) is 8.33. The van der Waals surface area contributed by atoms with Crippen LogP contribution in [0.3, 0.4) is 0 Å². The van der Waals surface area contributed by atoms with Gasteiger partial charge < -0.3 is 14.8 Å². The van der Waals surface area contributed by atoms with Crippen molar-refractivity contribution < 1.29 is 14.3 Å². The largest absolute Gasteiger partial charge is 0.465 e. The molecule has 2 aliphatic heterocycles. The van der Waals surface area contributed by atoms with Crippen LogP contribution in [0.25, 0.3) is 0 Å². The summed E-state index contributed by atoms with van der Waals surface area (Å²) in [5, 5.41) is 3.06. The minimum absolute atomic E-state index is 0.0322. The first kappa shape index (κ1) is 9.93. The summed E-state index contributed by atoms with van der Waals surface area (Å²) in [6.07, 6.45) is 2.05. The Bertz CT molecular complexity index is 198. The summed E-state index contributed by atoms with van der Waals surface area (Å²) in [4.78, 5) is 11.4. The van der Waals surface area contributed by atoms with Crippen LogP contribution in [0, 0.1) is 11.8 Å². The SMILES string of the molecule is O=C(OCC1CCOCC1)C1CNC1. The lowest BCUT2D eigenvalue weighted by atomic mass is 10.0. The molecule has 2 rings (SSSR count). The van der Waals surface area contributed by atoms with Gasteiger partial charge in [-0.25, -0.2) is 0 Å². The van der Waals surface area contributed by atoms with Crippen molar-refractivity contribution in [3.05, 3.63) is 0 Å². The Morgan fingerprint density at radius 2 is 2.07 bits per heavy atom. The molecule has 4 heteroatoms. The Hall–Kier alpha value is -0.610. The molecule has 0 aromatic heterocycles. The van der Waals surface area contributed by atoms with Gasteiger partial charge in [-0.05, 0) is 18.8 Å². The maximum absolute atomic E-state index is 11.4. The van der Waals surface area contributed by atoms with E-state index in [1.165, 1.54) is 0 Å². The fraction of sp³-hybridized carbons (Fsp3) is 0.900. The van der Waals surface area contributed by atoms with Gasteiger partial charge in [0.25, 0.3) is 0 Å². The van der Waals surface area contributed by atoms with Gasteiger partial charge in [-0.1, -0.05) is 0 Å². The van der Waals surface area contributed by atoms with Crippen molar-refractivity contribution in [3.8, 4) is 0 Å². The highest BCUT2D eigenvalue weighted by atomic mass is 16.5. The predicted molar refractivity (Wildman–Crippen MR) is 50.9 cm³/mol. The lowest BCUT2D eigenvalue weighted by Gasteiger charge is -2.27. The van der Waals surface area contributed by atoms with Crippen molar-refractivity contribution in [2.75, 3.05) is 32.9 Å². The Morgan fingerprint density at radius 1 is 1.36 bits per heavy atom. The van der Waals surface area contributed by atoms with Gasteiger partial charge in [-0.3, -0.25) is 4.79 Å². The molecule has 0 radical (unpaired) electrons. The molecule has 0 atom stereocenters. The van der Waals surface area contributed by atoms with Gasteiger partial charge in [0, 0.05) is 26.3 Å². The molecule has 0 spiro atoms. The topological polar surface area (TPSA) is 47.6 Å². The van der Waals surface area contributed by atoms with Crippen LogP contribution in [-0.4, -0.2) is 38.9 Å². The Morgan fingerprint density at radius 3 is 2.64 bits per heavy atom. The summed E-state index contributed by atoms with van der Waals surface area (Å²) in [5.74, 6) is 0.589. The molecule has 2 saturated heterocycles. The zero-order valence-electron chi connectivity index (χ0n) is 8.33. The third kappa shape index (κ3) is 2.45. The highest BCUT2D eigenvalue weighted by Crippen LogP contribution is 2.16. The fourth-order valence-electron chi connectivity index (χ4n) is 1.69. The maximum Gasteiger partial charge on any atom is 0.311 e. The molecular formula is C10H17NO3. The van der Waals surface area contributed by atoms with E-state index < -0.39 is 0 Å². The molecule has 1 N–H and O–H groups in total. The van der Waals surface area contributed by atoms with Gasteiger partial charge >= 0.3 is 5.97 Å². The molecule has 0 aromatic carbocycles. The van der Waals surface area contributed by atoms with Gasteiger partial charge in [0.2, 0.25) is 0 Å². The van der Waals surface area contributed by atoms with Gasteiger partial charge in [-0.2, -0.15) is 0 Å². The molecule has 0 bridgehead atoms. The van der Waals surface area contributed by atoms with Gasteiger partial charge in [0.05, 0.1) is 12.5 Å². The van der Waals surface area contributed by atoms with Gasteiger partial charge in [-0.15, -0.1) is 0 Å². The second kappa shape index (κ2) is 4.75. The van der Waals surface area contributed by atoms with Crippen LogP contribution in [0.1, 0.15) is 12.8 Å². The lowest BCUT2D eigenvalue weighted by Crippen LogP contribution is -2.47. The molecule has 80 valence electrons. The number of carbonyl (C=O) groups is 1. The van der Waals surface area contributed by atoms with Crippen LogP contribution in [0.4, 0.5) is 0 Å². The highest BCUT2D eigenvalue weighted by Gasteiger charge is 2.27. The van der Waals surface area contributed by atoms with Gasteiger partial charge in [0.1, 0.15) is 0 Å². The molecule has 0 aliphatic carbocycles. The number of hydrogen-bond donors (Lipinski definition) is 1. The summed E-state index contributed by atoms with van der Waals surface area (Å²) in [7, 11) is 0. The van der Waals surface area contributed by atoms with E-state index >= 15 is 0 Å². The molecular weight excluding hydrogens is 182 g/mol. The zero-order chi connectivity index (χ0) is 9.80. The van der Waals surface area contributed by atoms with E-state index in [1.54, 1.807) is 0 Å². The first-order chi connectivity index (χ1) is 6.86. The first-order valence-corrected chi connectivity index (χ1v) is 5.31. The van der Waals surface area contributed by atoms with Crippen LogP contribution in [0.5, 0.6) is 0 Å². The summed E-state index contributed by atoms with van der Waals surface area (Å²) in [6, 6.07) is 0. The smallest absolute Gasteiger partial charge is 0.311 e. The van der Waals surface area contributed by atoms with Crippen LogP contribution in [0.15, 0.2) is 0 Å². The average molecular weight is 199 g/mol. The van der Waals surface area contributed by atoms with E-state index in [4.69, 9.17) is 9.47 Å². The first-order valence-electron chi connectivity index (χ1n) is 5.31. The van der Waals surface area contributed by atoms with Crippen LogP contribution < -0.4 is 5.32 Å². The minimum Gasteiger partial charge on any atom is -0.465 e. The van der Waals surface area contributed by atoms with Crippen LogP contribution in [-0.2, 0) is 14.3 Å². The van der Waals surface area contributed by atoms with Crippen molar-refractivity contribution in [2.45, 2.75) is 12.8 Å². The summed E-state index contributed by atoms with van der Waals surface area (Å²) in [6.45, 7) is 3.78. The van der Waals surface area contributed by atoms with E-state index in [1.807, 2.05) is 0 Å². The Kier molecular flexibility index (Phi) is 3.37. The molecule has 0 amide bonds. The van der Waals surface area contributed by atoms with E-state index in [2.05, 4.69) is 5.32 Å². The minimum atomic E-state index is -0.0322. The molecule has 2 heterocycles. The standard InChI is InChI=1S/C10H17NO3/c12-10(9-5-11-6-9)14-7-8-1-3-13-4-2-8/h8-9,11H,1-7H2. The Balaban J connectivity index is 1.62. The van der Waals surface area contributed by atoms with E-state index in [-0.39, 0.29) is 11.9 Å². The van der Waals surface area contributed by atoms with Crippen molar-refractivity contribution >= 4 is 5.97 Å². The second-order valence-corrected chi connectivity index (χ2v) is 4.04. The van der Waals surface area contributed by atoms with Crippen molar-refractivity contribution in [1.29, 1.82) is 0 Å². The molecule has 2 fully saturated rings. The van der Waals surface area contributed by atoms with Crippen LogP contribution >= 0.6 is 0 Å². The molecule has 0 aromatic rings. The second-order valence-electron chi connectivity index (χ2n) is 4.04. The molecule has 0 saturated carbocycles. The van der Waals surface area contributed by atoms with Crippen molar-refractivity contribution in [3.63, 3.8) is 0 Å². The lowest BCUT2D eigenvalue weighted by molar-refractivity contribution is -0.152. The van der Waals surface area contributed by atoms with Crippen molar-refractivity contribution in [2.24, 2.45) is 11.8 Å². The molecule has 2 aliphatic rings. The normalized spacial score (nSPS) is 24.3. The summed E-state index contributed by atoms with van der Waals surface area (Å²) >= 11 is 0. The number of hydrogen-bond acceptors (Lipinski definition) is 4. The van der Waals surface area contributed by atoms with E-state index in [9.17, 15) is 4.79 Å². The fourth-order valence-corrected chi connectivity index (χ4v) is 1.69. The number of carbonyl (C=O) groups excluding carboxylic acids is 1. The van der Waals surface area contributed by atoms with Crippen molar-refractivity contribution in [1.82, 2.24) is 5.32 Å². The highest BCUT2D eigenvalue weighted by molar-refractivity contribution is 5.73. The van der Waals surface area contributed by atoms with Crippen LogP contribution in [0.2, 0.25) is 0 Å². The average Bonchev–Trinajstić information content (AvgIpc) is 2.14. The molecule has 4 nitrogen and oxygen atoms in total. The Labute approximate surface area is 84.0 Å². The summed E-state index contributed by atoms with van der Waals surface area (Å²) < 4.78 is 10.5. The summed E-state index contributed by atoms with van der Waals surface area (Å²) in [5.41, 5.74) is 0. The number of ether oxygens (including phenoxy) is 2. The van der Waals surface area contributed by atoms with E-state index in [0.29, 0.717) is 12.5 Å². The van der Waals surface area contributed by atoms with E-state index in [0.717, 1.165) is 39.1 Å². The predicted octanol–water partition coefficient (Wildman–Crippen LogP) is 0.176. The monoisotopic (exact) mass is 199 g/mol. The molecule has 0 unspecified atom stereocenters. The van der Waals surface area contributed by atoms with Gasteiger partial charge in [0.15, 0.2) is 0 Å². The third-order valence-electron chi connectivity index (χ3n) is 2.92. The maximum atomic E-state index is 11.4.